The Morgan fingerprint density at radius 2 is 2.03 bits per heavy atom. The lowest BCUT2D eigenvalue weighted by molar-refractivity contribution is -0.127. The second kappa shape index (κ2) is 8.63. The zero-order valence-corrected chi connectivity index (χ0v) is 17.9. The van der Waals surface area contributed by atoms with Crippen molar-refractivity contribution in [2.24, 2.45) is 5.92 Å². The summed E-state index contributed by atoms with van der Waals surface area (Å²) in [5.74, 6) is 0.607. The quantitative estimate of drug-likeness (QED) is 0.645. The van der Waals surface area contributed by atoms with Gasteiger partial charge in [0.05, 0.1) is 10.8 Å². The molecule has 31 heavy (non-hydrogen) atoms. The minimum absolute atomic E-state index is 0.00216. The standard InChI is InChI=1S/C23H24N4O3S/c28-20-13-16(22(29)24-17-7-2-1-3-8-17)14-27(20)18-9-4-6-15(12-18)21-25-23(30-26-21)19-10-5-11-31-19/h4-6,9-12,16-17H,1-3,7-8,13-14H2,(H,24,29)/t16-/m1/s1. The minimum atomic E-state index is -0.311. The van der Waals surface area contributed by atoms with Crippen molar-refractivity contribution in [2.45, 2.75) is 44.6 Å². The molecular weight excluding hydrogens is 412 g/mol. The van der Waals surface area contributed by atoms with Gasteiger partial charge in [-0.05, 0) is 36.4 Å². The number of amides is 2. The highest BCUT2D eigenvalue weighted by Gasteiger charge is 2.36. The highest BCUT2D eigenvalue weighted by atomic mass is 32.1. The summed E-state index contributed by atoms with van der Waals surface area (Å²) >= 11 is 1.54. The number of hydrogen-bond acceptors (Lipinski definition) is 6. The molecule has 8 heteroatoms. The molecule has 1 saturated carbocycles. The number of nitrogens with one attached hydrogen (secondary N) is 1. The van der Waals surface area contributed by atoms with Crippen LogP contribution in [-0.4, -0.2) is 34.5 Å². The molecule has 2 aliphatic rings. The van der Waals surface area contributed by atoms with Gasteiger partial charge in [0.2, 0.25) is 17.6 Å². The molecule has 1 aliphatic carbocycles. The molecule has 7 nitrogen and oxygen atoms in total. The normalized spacial score (nSPS) is 19.7. The summed E-state index contributed by atoms with van der Waals surface area (Å²) < 4.78 is 5.39. The van der Waals surface area contributed by atoms with Crippen molar-refractivity contribution >= 4 is 28.8 Å². The second-order valence-corrected chi connectivity index (χ2v) is 9.15. The van der Waals surface area contributed by atoms with Gasteiger partial charge in [-0.25, -0.2) is 0 Å². The lowest BCUT2D eigenvalue weighted by Gasteiger charge is -2.24. The Morgan fingerprint density at radius 1 is 1.16 bits per heavy atom. The second-order valence-electron chi connectivity index (χ2n) is 8.20. The average Bonchev–Trinajstić information content (AvgIpc) is 3.55. The fraction of sp³-hybridized carbons (Fsp3) is 0.391. The summed E-state index contributed by atoms with van der Waals surface area (Å²) in [5.41, 5.74) is 1.52. The predicted octanol–water partition coefficient (Wildman–Crippen LogP) is 4.27. The first-order valence-corrected chi connectivity index (χ1v) is 11.6. The van der Waals surface area contributed by atoms with Gasteiger partial charge in [-0.1, -0.05) is 42.6 Å². The van der Waals surface area contributed by atoms with Crippen LogP contribution in [0.1, 0.15) is 38.5 Å². The van der Waals surface area contributed by atoms with Gasteiger partial charge in [-0.2, -0.15) is 4.98 Å². The Bertz CT molecular complexity index is 1070. The number of nitrogens with zero attached hydrogens (tertiary/aromatic N) is 3. The molecule has 1 aromatic carbocycles. The van der Waals surface area contributed by atoms with E-state index in [2.05, 4.69) is 15.5 Å². The third-order valence-electron chi connectivity index (χ3n) is 6.02. The first kappa shape index (κ1) is 19.9. The van der Waals surface area contributed by atoms with E-state index in [1.54, 1.807) is 4.90 Å². The van der Waals surface area contributed by atoms with E-state index in [0.29, 0.717) is 18.3 Å². The van der Waals surface area contributed by atoms with Crippen LogP contribution in [-0.2, 0) is 9.59 Å². The van der Waals surface area contributed by atoms with Gasteiger partial charge < -0.3 is 14.7 Å². The lowest BCUT2D eigenvalue weighted by Crippen LogP contribution is -2.40. The molecule has 3 heterocycles. The van der Waals surface area contributed by atoms with E-state index in [4.69, 9.17) is 4.52 Å². The van der Waals surface area contributed by atoms with Crippen LogP contribution >= 0.6 is 11.3 Å². The smallest absolute Gasteiger partial charge is 0.268 e. The third kappa shape index (κ3) is 4.25. The first-order valence-electron chi connectivity index (χ1n) is 10.8. The van der Waals surface area contributed by atoms with Crippen LogP contribution < -0.4 is 10.2 Å². The molecule has 1 aliphatic heterocycles. The van der Waals surface area contributed by atoms with Crippen molar-refractivity contribution in [3.05, 3.63) is 41.8 Å². The summed E-state index contributed by atoms with van der Waals surface area (Å²) in [6.45, 7) is 0.396. The average molecular weight is 437 g/mol. The van der Waals surface area contributed by atoms with Crippen LogP contribution in [0.15, 0.2) is 46.3 Å². The maximum absolute atomic E-state index is 12.7. The Hall–Kier alpha value is -3.00. The Balaban J connectivity index is 1.29. The van der Waals surface area contributed by atoms with Gasteiger partial charge in [0.15, 0.2) is 0 Å². The van der Waals surface area contributed by atoms with E-state index >= 15 is 0 Å². The zero-order valence-electron chi connectivity index (χ0n) is 17.1. The van der Waals surface area contributed by atoms with Gasteiger partial charge >= 0.3 is 0 Å². The maximum Gasteiger partial charge on any atom is 0.268 e. The van der Waals surface area contributed by atoms with Crippen molar-refractivity contribution in [3.8, 4) is 22.2 Å². The number of benzene rings is 1. The number of thiophene rings is 1. The molecule has 1 N–H and O–H groups in total. The summed E-state index contributed by atoms with van der Waals surface area (Å²) in [4.78, 5) is 32.5. The number of anilines is 1. The zero-order chi connectivity index (χ0) is 21.2. The minimum Gasteiger partial charge on any atom is -0.353 e. The first-order chi connectivity index (χ1) is 15.2. The summed E-state index contributed by atoms with van der Waals surface area (Å²) in [7, 11) is 0. The Morgan fingerprint density at radius 3 is 2.84 bits per heavy atom. The van der Waals surface area contributed by atoms with Gasteiger partial charge in [-0.3, -0.25) is 9.59 Å². The van der Waals surface area contributed by atoms with Crippen LogP contribution in [0, 0.1) is 5.92 Å². The van der Waals surface area contributed by atoms with E-state index in [1.807, 2.05) is 41.8 Å². The lowest BCUT2D eigenvalue weighted by atomic mass is 9.95. The van der Waals surface area contributed by atoms with Crippen LogP contribution in [0.4, 0.5) is 5.69 Å². The van der Waals surface area contributed by atoms with Crippen LogP contribution in [0.2, 0.25) is 0 Å². The fourth-order valence-electron chi connectivity index (χ4n) is 4.35. The van der Waals surface area contributed by atoms with E-state index in [0.717, 1.165) is 41.8 Å². The Kier molecular flexibility index (Phi) is 5.55. The number of hydrogen-bond donors (Lipinski definition) is 1. The van der Waals surface area contributed by atoms with Crippen LogP contribution in [0.25, 0.3) is 22.2 Å². The summed E-state index contributed by atoms with van der Waals surface area (Å²) in [6.07, 6.45) is 5.89. The largest absolute Gasteiger partial charge is 0.353 e. The van der Waals surface area contributed by atoms with E-state index in [-0.39, 0.29) is 30.2 Å². The molecule has 160 valence electrons. The molecule has 2 amide bonds. The third-order valence-corrected chi connectivity index (χ3v) is 6.88. The van der Waals surface area contributed by atoms with Crippen LogP contribution in [0.5, 0.6) is 0 Å². The fourth-order valence-corrected chi connectivity index (χ4v) is 5.00. The number of aromatic nitrogens is 2. The molecule has 0 spiro atoms. The topological polar surface area (TPSA) is 88.3 Å². The summed E-state index contributed by atoms with van der Waals surface area (Å²) in [6, 6.07) is 11.6. The van der Waals surface area contributed by atoms with Crippen molar-refractivity contribution in [1.82, 2.24) is 15.5 Å². The van der Waals surface area contributed by atoms with Crippen molar-refractivity contribution in [2.75, 3.05) is 11.4 Å². The molecule has 3 aromatic rings. The number of carbonyl (C=O) groups excluding carboxylic acids is 2. The predicted molar refractivity (Wildman–Crippen MR) is 119 cm³/mol. The molecule has 0 bridgehead atoms. The highest BCUT2D eigenvalue weighted by molar-refractivity contribution is 7.13. The molecule has 0 radical (unpaired) electrons. The van der Waals surface area contributed by atoms with Gasteiger partial charge in [0.25, 0.3) is 5.89 Å². The van der Waals surface area contributed by atoms with E-state index < -0.39 is 0 Å². The van der Waals surface area contributed by atoms with E-state index in [9.17, 15) is 9.59 Å². The van der Waals surface area contributed by atoms with Gasteiger partial charge in [0.1, 0.15) is 0 Å². The highest BCUT2D eigenvalue weighted by Crippen LogP contribution is 2.30. The number of carbonyl (C=O) groups is 2. The summed E-state index contributed by atoms with van der Waals surface area (Å²) in [5, 5.41) is 9.21. The molecule has 2 fully saturated rings. The monoisotopic (exact) mass is 436 g/mol. The molecule has 5 rings (SSSR count). The SMILES string of the molecule is O=C(NC1CCCCC1)[C@@H]1CC(=O)N(c2cccc(-c3noc(-c4cccs4)n3)c2)C1. The van der Waals surface area contributed by atoms with Crippen LogP contribution in [0.3, 0.4) is 0 Å². The van der Waals surface area contributed by atoms with Crippen molar-refractivity contribution < 1.29 is 14.1 Å². The Labute approximate surface area is 184 Å². The van der Waals surface area contributed by atoms with Crippen molar-refractivity contribution in [3.63, 3.8) is 0 Å². The van der Waals surface area contributed by atoms with Gasteiger partial charge in [0, 0.05) is 30.3 Å². The van der Waals surface area contributed by atoms with Crippen molar-refractivity contribution in [1.29, 1.82) is 0 Å². The van der Waals surface area contributed by atoms with Gasteiger partial charge in [-0.15, -0.1) is 11.3 Å². The molecule has 1 saturated heterocycles. The maximum atomic E-state index is 12.7. The van der Waals surface area contributed by atoms with E-state index in [1.165, 1.54) is 17.8 Å². The molecule has 2 aromatic heterocycles. The number of rotatable bonds is 5. The molecular formula is C23H24N4O3S. The molecule has 1 atom stereocenters. The molecule has 0 unspecified atom stereocenters.